The molecule has 50 heavy (non-hydrogen) atoms. The van der Waals surface area contributed by atoms with Crippen LogP contribution in [-0.2, 0) is 47.6 Å². The summed E-state index contributed by atoms with van der Waals surface area (Å²) in [5, 5.41) is 0. The maximum atomic E-state index is 4.48. The molecule has 0 aliphatic heterocycles. The van der Waals surface area contributed by atoms with Crippen molar-refractivity contribution in [1.82, 2.24) is 0 Å². The summed E-state index contributed by atoms with van der Waals surface area (Å²) in [6.45, 7) is 25.7. The number of fused-ring (bicyclic) bond motifs is 3. The third-order valence-corrected chi connectivity index (χ3v) is 12.9. The standard InChI is InChI=1S/C33H43Si.C13H10.2ClH.Hf/c1-22(21-34(8,9)10)16-23-12-11-13-27(23)30-19-26(33(5,6)7)20-31-28-18-25(32(2,3)4)15-14-24(28)17-29(30)31;1-3-7-12(8-4-1)11-13-9-5-2-6-10-13;;;/h11-15,18-20H,1,16-17,21H2,2-10H3;1-10H;2*1H;/q-1;;;;+2/p-2. The van der Waals surface area contributed by atoms with Gasteiger partial charge in [0.1, 0.15) is 0 Å². The van der Waals surface area contributed by atoms with E-state index in [1.165, 1.54) is 76.1 Å². The van der Waals surface area contributed by atoms with Crippen LogP contribution in [0.2, 0.25) is 25.7 Å². The Bertz CT molecular complexity index is 1870. The van der Waals surface area contributed by atoms with Crippen molar-refractivity contribution in [3.8, 4) is 22.3 Å². The molecule has 0 unspecified atom stereocenters. The summed E-state index contributed by atoms with van der Waals surface area (Å²) in [7, 11) is -1.16. The molecule has 0 spiro atoms. The SMILES string of the molecule is C=C(C[c-]1cccc1-c1cc(C(C)(C)C)cc2c1Cc1ccc(C(C)(C)C)cc1-2)C[Si](C)(C)C.[Cl-].[Cl-].[Hf+2]=[C](c1ccccc1)c1ccccc1. The monoisotopic (exact) mass is 883 g/mol. The van der Waals surface area contributed by atoms with Crippen LogP contribution < -0.4 is 24.8 Å². The molecule has 0 fully saturated rings. The molecule has 0 nitrogen and oxygen atoms in total. The molecule has 1 aliphatic rings. The maximum absolute atomic E-state index is 4.48. The molecule has 0 amide bonds. The first-order chi connectivity index (χ1) is 22.5. The first-order valence-corrected chi connectivity index (χ1v) is 22.9. The molecule has 260 valence electrons. The van der Waals surface area contributed by atoms with Gasteiger partial charge in [0.15, 0.2) is 0 Å². The van der Waals surface area contributed by atoms with Gasteiger partial charge in [0.05, 0.1) is 0 Å². The number of benzene rings is 4. The normalized spacial score (nSPS) is 12.1. The van der Waals surface area contributed by atoms with Crippen molar-refractivity contribution >= 4 is 11.3 Å². The predicted octanol–water partition coefficient (Wildman–Crippen LogP) is 6.49. The first kappa shape index (κ1) is 41.9. The topological polar surface area (TPSA) is 0 Å². The van der Waals surface area contributed by atoms with Gasteiger partial charge in [0.25, 0.3) is 0 Å². The molecule has 0 radical (unpaired) electrons. The fraction of sp³-hybridized carbons (Fsp3) is 0.304. The van der Waals surface area contributed by atoms with E-state index in [0.29, 0.717) is 0 Å². The van der Waals surface area contributed by atoms with Crippen LogP contribution in [0.3, 0.4) is 0 Å². The third-order valence-electron chi connectivity index (χ3n) is 9.29. The molecule has 5 aromatic rings. The number of hydrogen-bond acceptors (Lipinski definition) is 0. The van der Waals surface area contributed by atoms with Crippen molar-refractivity contribution in [3.05, 3.63) is 160 Å². The zero-order valence-electron chi connectivity index (χ0n) is 31.5. The predicted molar refractivity (Wildman–Crippen MR) is 210 cm³/mol. The third kappa shape index (κ3) is 10.3. The molecule has 1 aliphatic carbocycles. The van der Waals surface area contributed by atoms with Crippen molar-refractivity contribution in [3.63, 3.8) is 0 Å². The molecule has 4 heteroatoms. The van der Waals surface area contributed by atoms with Crippen molar-refractivity contribution < 1.29 is 48.7 Å². The van der Waals surface area contributed by atoms with Crippen LogP contribution in [0.5, 0.6) is 0 Å². The Morgan fingerprint density at radius 1 is 0.680 bits per heavy atom. The fourth-order valence-electron chi connectivity index (χ4n) is 6.75. The van der Waals surface area contributed by atoms with Crippen LogP contribution in [0, 0.1) is 0 Å². The number of allylic oxidation sites excluding steroid dienone is 1. The molecular formula is C46H53Cl2HfSi-. The van der Waals surface area contributed by atoms with Gasteiger partial charge in [0, 0.05) is 8.07 Å². The van der Waals surface area contributed by atoms with Crippen molar-refractivity contribution in [1.29, 1.82) is 0 Å². The van der Waals surface area contributed by atoms with Gasteiger partial charge in [-0.05, 0) is 52.0 Å². The van der Waals surface area contributed by atoms with Gasteiger partial charge in [-0.2, -0.15) is 18.2 Å². The summed E-state index contributed by atoms with van der Waals surface area (Å²) in [6, 6.07) is 41.4. The Hall–Kier alpha value is -2.49. The second-order valence-corrected chi connectivity index (χ2v) is 24.1. The van der Waals surface area contributed by atoms with Crippen LogP contribution >= 0.6 is 0 Å². The summed E-state index contributed by atoms with van der Waals surface area (Å²) in [6.07, 6.45) is 2.01. The molecule has 0 saturated carbocycles. The van der Waals surface area contributed by atoms with E-state index in [4.69, 9.17) is 0 Å². The molecule has 6 rings (SSSR count). The van der Waals surface area contributed by atoms with E-state index in [9.17, 15) is 0 Å². The van der Waals surface area contributed by atoms with Crippen LogP contribution in [0.1, 0.15) is 80.5 Å². The van der Waals surface area contributed by atoms with Gasteiger partial charge in [0.2, 0.25) is 0 Å². The van der Waals surface area contributed by atoms with Gasteiger partial charge in [-0.3, -0.25) is 0 Å². The van der Waals surface area contributed by atoms with Crippen LogP contribution in [-0.4, -0.2) is 11.3 Å². The van der Waals surface area contributed by atoms with Gasteiger partial charge in [-0.1, -0.05) is 114 Å². The van der Waals surface area contributed by atoms with Gasteiger partial charge in [-0.25, -0.2) is 0 Å². The zero-order chi connectivity index (χ0) is 34.9. The van der Waals surface area contributed by atoms with Gasteiger partial charge >= 0.3 is 98.9 Å². The van der Waals surface area contributed by atoms with E-state index in [2.05, 4.69) is 177 Å². The molecule has 0 bridgehead atoms. The van der Waals surface area contributed by atoms with Crippen molar-refractivity contribution in [2.45, 2.75) is 90.9 Å². The zero-order valence-corrected chi connectivity index (χ0v) is 37.6. The van der Waals surface area contributed by atoms with E-state index in [1.54, 1.807) is 0 Å². The van der Waals surface area contributed by atoms with E-state index in [1.807, 2.05) is 0 Å². The van der Waals surface area contributed by atoms with E-state index < -0.39 is 8.07 Å². The minimum absolute atomic E-state index is 0. The summed E-state index contributed by atoms with van der Waals surface area (Å²) in [4.78, 5) is 0. The Labute approximate surface area is 331 Å². The average molecular weight is 883 g/mol. The fourth-order valence-corrected chi connectivity index (χ4v) is 9.57. The van der Waals surface area contributed by atoms with Crippen LogP contribution in [0.15, 0.2) is 121 Å². The van der Waals surface area contributed by atoms with Crippen molar-refractivity contribution in [2.75, 3.05) is 0 Å². The minimum atomic E-state index is -1.16. The van der Waals surface area contributed by atoms with Gasteiger partial charge in [-0.15, -0.1) is 17.7 Å². The van der Waals surface area contributed by atoms with Crippen LogP contribution in [0.25, 0.3) is 22.3 Å². The van der Waals surface area contributed by atoms with Crippen molar-refractivity contribution in [2.24, 2.45) is 0 Å². The summed E-state index contributed by atoms with van der Waals surface area (Å²) in [5.41, 5.74) is 17.3. The summed E-state index contributed by atoms with van der Waals surface area (Å²) in [5.74, 6) is 0. The number of halogens is 2. The molecule has 0 heterocycles. The summed E-state index contributed by atoms with van der Waals surface area (Å²) >= 11 is 1.08. The second kappa shape index (κ2) is 16.9. The van der Waals surface area contributed by atoms with E-state index in [-0.39, 0.29) is 35.6 Å². The van der Waals surface area contributed by atoms with E-state index in [0.717, 1.165) is 36.7 Å². The summed E-state index contributed by atoms with van der Waals surface area (Å²) < 4.78 is 1.46. The average Bonchev–Trinajstić information content (AvgIpc) is 3.63. The quantitative estimate of drug-likeness (QED) is 0.0980. The number of hydrogen-bond donors (Lipinski definition) is 0. The molecule has 0 saturated heterocycles. The molecule has 0 N–H and O–H groups in total. The molecule has 0 atom stereocenters. The molecule has 5 aromatic carbocycles. The number of rotatable bonds is 7. The van der Waals surface area contributed by atoms with E-state index >= 15 is 0 Å². The Morgan fingerprint density at radius 2 is 1.20 bits per heavy atom. The Balaban J connectivity index is 0.000000355. The first-order valence-electron chi connectivity index (χ1n) is 17.4. The Kier molecular flexibility index (Phi) is 14.2. The van der Waals surface area contributed by atoms with Crippen LogP contribution in [0.4, 0.5) is 0 Å². The molecular weight excluding hydrogens is 830 g/mol. The molecule has 0 aromatic heterocycles. The van der Waals surface area contributed by atoms with Gasteiger partial charge < -0.3 is 24.8 Å². The second-order valence-electron chi connectivity index (χ2n) is 16.8. The Morgan fingerprint density at radius 3 is 1.72 bits per heavy atom.